The summed E-state index contributed by atoms with van der Waals surface area (Å²) in [6.07, 6.45) is 0. The van der Waals surface area contributed by atoms with Crippen molar-refractivity contribution in [2.75, 3.05) is 23.5 Å². The van der Waals surface area contributed by atoms with Crippen LogP contribution in [0.15, 0.2) is 42.5 Å². The molecule has 0 fully saturated rings. The molecule has 9 heteroatoms. The molecule has 0 saturated carbocycles. The summed E-state index contributed by atoms with van der Waals surface area (Å²) in [6, 6.07) is 11.5. The van der Waals surface area contributed by atoms with Gasteiger partial charge in [-0.2, -0.15) is 0 Å². The minimum atomic E-state index is -4.01. The molecule has 1 atom stereocenters. The van der Waals surface area contributed by atoms with E-state index in [9.17, 15) is 18.0 Å². The average molecular weight is 425 g/mol. The van der Waals surface area contributed by atoms with Gasteiger partial charge in [0.15, 0.2) is 9.84 Å². The van der Waals surface area contributed by atoms with E-state index >= 15 is 0 Å². The van der Waals surface area contributed by atoms with Crippen molar-refractivity contribution in [1.29, 1.82) is 0 Å². The van der Waals surface area contributed by atoms with E-state index in [0.717, 1.165) is 5.56 Å². The summed E-state index contributed by atoms with van der Waals surface area (Å²) in [6.45, 7) is 3.13. The van der Waals surface area contributed by atoms with Gasteiger partial charge in [-0.25, -0.2) is 8.42 Å². The summed E-state index contributed by atoms with van der Waals surface area (Å²) in [5.74, 6) is -1.85. The van der Waals surface area contributed by atoms with Crippen LogP contribution in [0, 0.1) is 6.92 Å². The molecule has 0 aliphatic carbocycles. The third-order valence-corrected chi connectivity index (χ3v) is 6.25. The maximum absolute atomic E-state index is 12.4. The monoisotopic (exact) mass is 424 g/mol. The predicted molar refractivity (Wildman–Crippen MR) is 110 cm³/mol. The largest absolute Gasteiger partial charge is 0.495 e. The van der Waals surface area contributed by atoms with Gasteiger partial charge in [0.05, 0.1) is 12.1 Å². The second kappa shape index (κ2) is 9.07. The van der Waals surface area contributed by atoms with Crippen molar-refractivity contribution in [3.05, 3.63) is 53.1 Å². The molecule has 0 aromatic heterocycles. The molecule has 28 heavy (non-hydrogen) atoms. The number of hydrogen-bond donors (Lipinski definition) is 2. The number of ether oxygens (including phenoxy) is 1. The fraction of sp³-hybridized carbons (Fsp3) is 0.263. The standard InChI is InChI=1S/C19H21ClN2O5S/c1-12-4-6-14(7-5-12)21-18(23)11-28(25,26)13(2)19(24)22-15-8-9-17(27-3)16(20)10-15/h4-10,13H,11H2,1-3H3,(H,21,23)(H,22,24). The van der Waals surface area contributed by atoms with Gasteiger partial charge in [0.25, 0.3) is 0 Å². The highest BCUT2D eigenvalue weighted by Crippen LogP contribution is 2.27. The van der Waals surface area contributed by atoms with Gasteiger partial charge in [-0.1, -0.05) is 29.3 Å². The summed E-state index contributed by atoms with van der Waals surface area (Å²) in [5.41, 5.74) is 1.81. The fourth-order valence-electron chi connectivity index (χ4n) is 2.29. The third kappa shape index (κ3) is 5.71. The van der Waals surface area contributed by atoms with Gasteiger partial charge >= 0.3 is 0 Å². The topological polar surface area (TPSA) is 102 Å². The molecule has 2 amide bonds. The molecular weight excluding hydrogens is 404 g/mol. The van der Waals surface area contributed by atoms with Gasteiger partial charge < -0.3 is 15.4 Å². The van der Waals surface area contributed by atoms with Gasteiger partial charge in [0, 0.05) is 11.4 Å². The van der Waals surface area contributed by atoms with Crippen LogP contribution in [0.25, 0.3) is 0 Å². The maximum atomic E-state index is 12.4. The number of hydrogen-bond acceptors (Lipinski definition) is 5. The molecule has 2 aromatic carbocycles. The lowest BCUT2D eigenvalue weighted by Gasteiger charge is -2.14. The molecule has 2 N–H and O–H groups in total. The van der Waals surface area contributed by atoms with Crippen LogP contribution in [0.3, 0.4) is 0 Å². The Balaban J connectivity index is 2.01. The molecule has 0 bridgehead atoms. The van der Waals surface area contributed by atoms with Crippen molar-refractivity contribution in [2.24, 2.45) is 0 Å². The second-order valence-electron chi connectivity index (χ2n) is 6.20. The zero-order valence-corrected chi connectivity index (χ0v) is 17.2. The van der Waals surface area contributed by atoms with E-state index in [-0.39, 0.29) is 5.02 Å². The van der Waals surface area contributed by atoms with Crippen LogP contribution in [0.4, 0.5) is 11.4 Å². The molecule has 1 unspecified atom stereocenters. The minimum Gasteiger partial charge on any atom is -0.495 e. The first-order valence-corrected chi connectivity index (χ1v) is 10.4. The van der Waals surface area contributed by atoms with Crippen molar-refractivity contribution in [2.45, 2.75) is 19.1 Å². The zero-order valence-electron chi connectivity index (χ0n) is 15.7. The highest BCUT2D eigenvalue weighted by molar-refractivity contribution is 7.93. The Labute approximate surface area is 169 Å². The van der Waals surface area contributed by atoms with Gasteiger partial charge in [-0.3, -0.25) is 9.59 Å². The number of aryl methyl sites for hydroxylation is 1. The van der Waals surface area contributed by atoms with Crippen LogP contribution in [0.2, 0.25) is 5.02 Å². The van der Waals surface area contributed by atoms with Crippen LogP contribution in [0.1, 0.15) is 12.5 Å². The molecule has 2 aromatic rings. The van der Waals surface area contributed by atoms with E-state index in [1.165, 1.54) is 26.2 Å². The first kappa shape index (κ1) is 21.7. The number of amides is 2. The van der Waals surface area contributed by atoms with Crippen molar-refractivity contribution >= 4 is 44.6 Å². The minimum absolute atomic E-state index is 0.272. The van der Waals surface area contributed by atoms with Gasteiger partial charge in [0.1, 0.15) is 16.8 Å². The highest BCUT2D eigenvalue weighted by atomic mass is 35.5. The number of sulfone groups is 1. The first-order chi connectivity index (χ1) is 13.1. The molecule has 0 saturated heterocycles. The summed E-state index contributed by atoms with van der Waals surface area (Å²) in [4.78, 5) is 24.4. The Kier molecular flexibility index (Phi) is 7.04. The average Bonchev–Trinajstić information content (AvgIpc) is 2.62. The lowest BCUT2D eigenvalue weighted by molar-refractivity contribution is -0.115. The van der Waals surface area contributed by atoms with Crippen LogP contribution >= 0.6 is 11.6 Å². The number of carbonyl (C=O) groups is 2. The Morgan fingerprint density at radius 1 is 1.07 bits per heavy atom. The predicted octanol–water partition coefficient (Wildman–Crippen LogP) is 3.04. The van der Waals surface area contributed by atoms with Crippen LogP contribution in [-0.2, 0) is 19.4 Å². The number of rotatable bonds is 7. The summed E-state index contributed by atoms with van der Waals surface area (Å²) >= 11 is 5.99. The number of halogens is 1. The Morgan fingerprint density at radius 2 is 1.68 bits per heavy atom. The Bertz CT molecular complexity index is 974. The van der Waals surface area contributed by atoms with E-state index in [1.54, 1.807) is 30.3 Å². The highest BCUT2D eigenvalue weighted by Gasteiger charge is 2.30. The summed E-state index contributed by atoms with van der Waals surface area (Å²) < 4.78 is 29.9. The second-order valence-corrected chi connectivity index (χ2v) is 8.93. The number of methoxy groups -OCH3 is 1. The van der Waals surface area contributed by atoms with Gasteiger partial charge in [0.2, 0.25) is 11.8 Å². The van der Waals surface area contributed by atoms with E-state index < -0.39 is 32.7 Å². The summed E-state index contributed by atoms with van der Waals surface area (Å²) in [5, 5.41) is 3.84. The molecule has 0 aliphatic heterocycles. The van der Waals surface area contributed by atoms with E-state index in [0.29, 0.717) is 17.1 Å². The van der Waals surface area contributed by atoms with Gasteiger partial charge in [-0.15, -0.1) is 0 Å². The molecular formula is C19H21ClN2O5S. The third-order valence-electron chi connectivity index (χ3n) is 3.99. The van der Waals surface area contributed by atoms with E-state index in [4.69, 9.17) is 16.3 Å². The lowest BCUT2D eigenvalue weighted by Crippen LogP contribution is -2.37. The molecule has 150 valence electrons. The van der Waals surface area contributed by atoms with Crippen LogP contribution in [-0.4, -0.2) is 38.3 Å². The normalized spacial score (nSPS) is 12.1. The quantitative estimate of drug-likeness (QED) is 0.711. The van der Waals surface area contributed by atoms with Crippen molar-refractivity contribution in [3.63, 3.8) is 0 Å². The van der Waals surface area contributed by atoms with Crippen molar-refractivity contribution in [1.82, 2.24) is 0 Å². The maximum Gasteiger partial charge on any atom is 0.242 e. The Morgan fingerprint density at radius 3 is 2.25 bits per heavy atom. The SMILES string of the molecule is COc1ccc(NC(=O)C(C)S(=O)(=O)CC(=O)Nc2ccc(C)cc2)cc1Cl. The zero-order chi connectivity index (χ0) is 20.9. The number of anilines is 2. The number of nitrogens with one attached hydrogen (secondary N) is 2. The van der Waals surface area contributed by atoms with E-state index in [2.05, 4.69) is 10.6 Å². The molecule has 7 nitrogen and oxygen atoms in total. The van der Waals surface area contributed by atoms with E-state index in [1.807, 2.05) is 6.92 Å². The molecule has 2 rings (SSSR count). The molecule has 0 spiro atoms. The fourth-order valence-corrected chi connectivity index (χ4v) is 3.62. The number of carbonyl (C=O) groups excluding carboxylic acids is 2. The van der Waals surface area contributed by atoms with Crippen LogP contribution in [0.5, 0.6) is 5.75 Å². The number of benzene rings is 2. The van der Waals surface area contributed by atoms with Crippen LogP contribution < -0.4 is 15.4 Å². The van der Waals surface area contributed by atoms with Gasteiger partial charge in [-0.05, 0) is 44.2 Å². The molecule has 0 heterocycles. The summed E-state index contributed by atoms with van der Waals surface area (Å²) in [7, 11) is -2.56. The lowest BCUT2D eigenvalue weighted by atomic mass is 10.2. The van der Waals surface area contributed by atoms with Crippen molar-refractivity contribution in [3.8, 4) is 5.75 Å². The molecule has 0 aliphatic rings. The smallest absolute Gasteiger partial charge is 0.242 e. The first-order valence-electron chi connectivity index (χ1n) is 8.35. The van der Waals surface area contributed by atoms with Crippen molar-refractivity contribution < 1.29 is 22.7 Å². The molecule has 0 radical (unpaired) electrons. The Hall–Kier alpha value is -2.58.